The lowest BCUT2D eigenvalue weighted by molar-refractivity contribution is 0.0909. The Balaban J connectivity index is 1.98. The maximum atomic E-state index is 12.2. The molecule has 0 unspecified atom stereocenters. The third kappa shape index (κ3) is 1.77. The van der Waals surface area contributed by atoms with Crippen molar-refractivity contribution < 1.29 is 4.79 Å². The van der Waals surface area contributed by atoms with Crippen LogP contribution in [0.25, 0.3) is 10.9 Å². The van der Waals surface area contributed by atoms with Gasteiger partial charge in [-0.3, -0.25) is 4.79 Å². The molecule has 2 aromatic rings. The lowest BCUT2D eigenvalue weighted by Gasteiger charge is -2.26. The van der Waals surface area contributed by atoms with Crippen LogP contribution < -0.4 is 5.32 Å². The first kappa shape index (κ1) is 11.5. The van der Waals surface area contributed by atoms with Crippen molar-refractivity contribution in [1.82, 2.24) is 14.9 Å². The molecule has 0 aromatic carbocycles. The Morgan fingerprint density at radius 3 is 2.94 bits per heavy atom. The molecule has 1 saturated carbocycles. The predicted molar refractivity (Wildman–Crippen MR) is 70.8 cm³/mol. The number of aryl methyl sites for hydroxylation is 1. The SMILES string of the molecule is Cn1c(C(=O)NC2CCC2)cc2ccnc(Cl)c21. The van der Waals surface area contributed by atoms with Gasteiger partial charge in [-0.05, 0) is 31.4 Å². The van der Waals surface area contributed by atoms with Gasteiger partial charge in [-0.1, -0.05) is 11.6 Å². The van der Waals surface area contributed by atoms with E-state index < -0.39 is 0 Å². The lowest BCUT2D eigenvalue weighted by Crippen LogP contribution is -2.40. The summed E-state index contributed by atoms with van der Waals surface area (Å²) >= 11 is 6.06. The molecule has 2 heterocycles. The molecule has 1 fully saturated rings. The molecule has 2 aromatic heterocycles. The number of nitrogens with one attached hydrogen (secondary N) is 1. The molecule has 5 heteroatoms. The lowest BCUT2D eigenvalue weighted by atomic mass is 9.93. The zero-order valence-corrected chi connectivity index (χ0v) is 10.9. The fraction of sp³-hybridized carbons (Fsp3) is 0.385. The number of pyridine rings is 1. The summed E-state index contributed by atoms with van der Waals surface area (Å²) in [7, 11) is 1.84. The standard InChI is InChI=1S/C13H14ClN3O/c1-17-10(13(18)16-9-3-2-4-9)7-8-5-6-15-12(14)11(8)17/h5-7,9H,2-4H2,1H3,(H,16,18). The summed E-state index contributed by atoms with van der Waals surface area (Å²) < 4.78 is 1.80. The minimum atomic E-state index is -0.0329. The first-order valence-corrected chi connectivity index (χ1v) is 6.45. The fourth-order valence-corrected chi connectivity index (χ4v) is 2.58. The summed E-state index contributed by atoms with van der Waals surface area (Å²) in [6, 6.07) is 4.06. The monoisotopic (exact) mass is 263 g/mol. The van der Waals surface area contributed by atoms with Crippen LogP contribution in [0.1, 0.15) is 29.8 Å². The van der Waals surface area contributed by atoms with Crippen LogP contribution in [-0.4, -0.2) is 21.5 Å². The molecule has 0 aliphatic heterocycles. The van der Waals surface area contributed by atoms with Gasteiger partial charge in [0.2, 0.25) is 0 Å². The minimum Gasteiger partial charge on any atom is -0.348 e. The van der Waals surface area contributed by atoms with Crippen molar-refractivity contribution in [2.45, 2.75) is 25.3 Å². The van der Waals surface area contributed by atoms with E-state index in [2.05, 4.69) is 10.3 Å². The summed E-state index contributed by atoms with van der Waals surface area (Å²) in [5.41, 5.74) is 1.43. The van der Waals surface area contributed by atoms with E-state index in [0.717, 1.165) is 23.7 Å². The molecule has 1 N–H and O–H groups in total. The van der Waals surface area contributed by atoms with E-state index >= 15 is 0 Å². The molecule has 18 heavy (non-hydrogen) atoms. The number of amides is 1. The van der Waals surface area contributed by atoms with E-state index in [-0.39, 0.29) is 5.91 Å². The Labute approximate surface area is 110 Å². The first-order valence-electron chi connectivity index (χ1n) is 6.07. The molecule has 0 atom stereocenters. The third-order valence-corrected chi connectivity index (χ3v) is 3.85. The van der Waals surface area contributed by atoms with Crippen molar-refractivity contribution in [3.05, 3.63) is 29.2 Å². The van der Waals surface area contributed by atoms with E-state index in [0.29, 0.717) is 16.9 Å². The summed E-state index contributed by atoms with van der Waals surface area (Å²) in [5, 5.41) is 4.40. The Morgan fingerprint density at radius 1 is 1.56 bits per heavy atom. The normalized spacial score (nSPS) is 15.7. The number of fused-ring (bicyclic) bond motifs is 1. The summed E-state index contributed by atoms with van der Waals surface area (Å²) in [6.45, 7) is 0. The van der Waals surface area contributed by atoms with E-state index in [1.165, 1.54) is 6.42 Å². The summed E-state index contributed by atoms with van der Waals surface area (Å²) in [6.07, 6.45) is 5.02. The fourth-order valence-electron chi connectivity index (χ4n) is 2.29. The van der Waals surface area contributed by atoms with Crippen molar-refractivity contribution in [2.75, 3.05) is 0 Å². The van der Waals surface area contributed by atoms with Gasteiger partial charge in [0.05, 0.1) is 5.52 Å². The molecule has 1 amide bonds. The van der Waals surface area contributed by atoms with Crippen LogP contribution in [0.5, 0.6) is 0 Å². The number of aromatic nitrogens is 2. The number of carbonyl (C=O) groups is 1. The zero-order chi connectivity index (χ0) is 12.7. The van der Waals surface area contributed by atoms with Crippen LogP contribution in [-0.2, 0) is 7.05 Å². The average Bonchev–Trinajstić information content (AvgIpc) is 2.63. The first-order chi connectivity index (χ1) is 8.66. The highest BCUT2D eigenvalue weighted by atomic mass is 35.5. The second kappa shape index (κ2) is 4.28. The van der Waals surface area contributed by atoms with Crippen LogP contribution in [0.15, 0.2) is 18.3 Å². The molecule has 1 aliphatic carbocycles. The highest BCUT2D eigenvalue weighted by Gasteiger charge is 2.22. The Bertz CT molecular complexity index is 616. The van der Waals surface area contributed by atoms with Crippen LogP contribution in [0, 0.1) is 0 Å². The summed E-state index contributed by atoms with van der Waals surface area (Å²) in [4.78, 5) is 16.2. The Hall–Kier alpha value is -1.55. The molecule has 1 aliphatic rings. The van der Waals surface area contributed by atoms with Gasteiger partial charge in [0, 0.05) is 24.7 Å². The maximum Gasteiger partial charge on any atom is 0.268 e. The number of halogens is 1. The van der Waals surface area contributed by atoms with Crippen molar-refractivity contribution >= 4 is 28.4 Å². The molecule has 3 rings (SSSR count). The smallest absolute Gasteiger partial charge is 0.268 e. The third-order valence-electron chi connectivity index (χ3n) is 3.57. The highest BCUT2D eigenvalue weighted by molar-refractivity contribution is 6.34. The predicted octanol–water partition coefficient (Wildman–Crippen LogP) is 2.51. The molecule has 94 valence electrons. The number of carbonyl (C=O) groups excluding carboxylic acids is 1. The van der Waals surface area contributed by atoms with E-state index in [4.69, 9.17) is 11.6 Å². The van der Waals surface area contributed by atoms with Gasteiger partial charge in [0.25, 0.3) is 5.91 Å². The van der Waals surface area contributed by atoms with Crippen molar-refractivity contribution in [1.29, 1.82) is 0 Å². The second-order valence-electron chi connectivity index (χ2n) is 4.73. The molecule has 4 nitrogen and oxygen atoms in total. The highest BCUT2D eigenvalue weighted by Crippen LogP contribution is 2.25. The Kier molecular flexibility index (Phi) is 2.74. The van der Waals surface area contributed by atoms with Gasteiger partial charge < -0.3 is 9.88 Å². The maximum absolute atomic E-state index is 12.2. The van der Waals surface area contributed by atoms with Crippen LogP contribution in [0.2, 0.25) is 5.15 Å². The molecule has 0 radical (unpaired) electrons. The molecular weight excluding hydrogens is 250 g/mol. The zero-order valence-electron chi connectivity index (χ0n) is 10.1. The summed E-state index contributed by atoms with van der Waals surface area (Å²) in [5.74, 6) is -0.0329. The number of rotatable bonds is 2. The number of nitrogens with zero attached hydrogens (tertiary/aromatic N) is 2. The number of hydrogen-bond acceptors (Lipinski definition) is 2. The molecule has 0 spiro atoms. The van der Waals surface area contributed by atoms with Crippen LogP contribution in [0.3, 0.4) is 0 Å². The van der Waals surface area contributed by atoms with E-state index in [9.17, 15) is 4.79 Å². The minimum absolute atomic E-state index is 0.0329. The van der Waals surface area contributed by atoms with Crippen molar-refractivity contribution in [2.24, 2.45) is 7.05 Å². The molecule has 0 bridgehead atoms. The quantitative estimate of drug-likeness (QED) is 0.847. The van der Waals surface area contributed by atoms with E-state index in [1.807, 2.05) is 19.2 Å². The van der Waals surface area contributed by atoms with Gasteiger partial charge in [-0.2, -0.15) is 0 Å². The van der Waals surface area contributed by atoms with Crippen LogP contribution in [0.4, 0.5) is 0 Å². The van der Waals surface area contributed by atoms with Crippen molar-refractivity contribution in [3.63, 3.8) is 0 Å². The largest absolute Gasteiger partial charge is 0.348 e. The average molecular weight is 264 g/mol. The van der Waals surface area contributed by atoms with Gasteiger partial charge in [-0.25, -0.2) is 4.98 Å². The van der Waals surface area contributed by atoms with Gasteiger partial charge in [0.1, 0.15) is 5.69 Å². The Morgan fingerprint density at radius 2 is 2.33 bits per heavy atom. The molecule has 0 saturated heterocycles. The molecular formula is C13H14ClN3O. The van der Waals surface area contributed by atoms with Gasteiger partial charge >= 0.3 is 0 Å². The van der Waals surface area contributed by atoms with Crippen LogP contribution >= 0.6 is 11.6 Å². The van der Waals surface area contributed by atoms with Gasteiger partial charge in [-0.15, -0.1) is 0 Å². The van der Waals surface area contributed by atoms with Gasteiger partial charge in [0.15, 0.2) is 5.15 Å². The van der Waals surface area contributed by atoms with E-state index in [1.54, 1.807) is 10.8 Å². The number of hydrogen-bond donors (Lipinski definition) is 1. The topological polar surface area (TPSA) is 46.9 Å². The van der Waals surface area contributed by atoms with Crippen molar-refractivity contribution in [3.8, 4) is 0 Å². The second-order valence-corrected chi connectivity index (χ2v) is 5.09.